The Balaban J connectivity index is 3.08. The summed E-state index contributed by atoms with van der Waals surface area (Å²) in [6.45, 7) is 0. The summed E-state index contributed by atoms with van der Waals surface area (Å²) in [4.78, 5) is 11.8. The van der Waals surface area contributed by atoms with Crippen molar-refractivity contribution in [2.75, 3.05) is 0 Å². The van der Waals surface area contributed by atoms with Gasteiger partial charge >= 0.3 is 4.87 Å². The Morgan fingerprint density at radius 1 is 0.929 bits per heavy atom. The summed E-state index contributed by atoms with van der Waals surface area (Å²) in [5.74, 6) is -6.98. The van der Waals surface area contributed by atoms with Crippen LogP contribution >= 0.6 is 11.3 Å². The maximum absolute atomic E-state index is 12.9. The fourth-order valence-corrected chi connectivity index (χ4v) is 1.80. The molecule has 0 radical (unpaired) electrons. The van der Waals surface area contributed by atoms with E-state index in [0.29, 0.717) is 0 Å². The Bertz CT molecular complexity index is 525. The second kappa shape index (κ2) is 2.81. The van der Waals surface area contributed by atoms with E-state index in [-0.39, 0.29) is 11.3 Å². The van der Waals surface area contributed by atoms with Crippen LogP contribution in [-0.2, 0) is 0 Å². The summed E-state index contributed by atoms with van der Waals surface area (Å²) in [6, 6.07) is 0. The SMILES string of the molecule is O=c1[nH]c2c(F)c(F)c(F)c(F)c2s1. The molecular weight excluding hydrogens is 222 g/mol. The number of fused-ring (bicyclic) bond motifs is 1. The molecule has 2 aromatic rings. The largest absolute Gasteiger partial charge is 0.310 e. The molecule has 0 atom stereocenters. The number of H-pyrrole nitrogens is 1. The van der Waals surface area contributed by atoms with Crippen molar-refractivity contribution in [3.63, 3.8) is 0 Å². The summed E-state index contributed by atoms with van der Waals surface area (Å²) in [6.07, 6.45) is 0. The number of nitrogens with one attached hydrogen (secondary N) is 1. The van der Waals surface area contributed by atoms with Crippen LogP contribution in [0.4, 0.5) is 17.6 Å². The van der Waals surface area contributed by atoms with Gasteiger partial charge in [0.05, 0.1) is 4.70 Å². The van der Waals surface area contributed by atoms with Crippen molar-refractivity contribution in [1.29, 1.82) is 0 Å². The van der Waals surface area contributed by atoms with Crippen molar-refractivity contribution in [2.45, 2.75) is 0 Å². The molecular formula is C7HF4NOS. The van der Waals surface area contributed by atoms with Gasteiger partial charge in [0.1, 0.15) is 5.52 Å². The molecule has 0 bridgehead atoms. The Morgan fingerprint density at radius 2 is 1.50 bits per heavy atom. The monoisotopic (exact) mass is 223 g/mol. The van der Waals surface area contributed by atoms with E-state index in [1.165, 1.54) is 0 Å². The number of rotatable bonds is 0. The smallest absolute Gasteiger partial charge is 0.305 e. The fraction of sp³-hybridized carbons (Fsp3) is 0. The number of halogens is 4. The molecule has 0 aliphatic rings. The molecule has 0 saturated heterocycles. The lowest BCUT2D eigenvalue weighted by molar-refractivity contribution is 0.418. The molecule has 2 rings (SSSR count). The van der Waals surface area contributed by atoms with Crippen molar-refractivity contribution in [3.8, 4) is 0 Å². The Hall–Kier alpha value is -1.37. The second-order valence-corrected chi connectivity index (χ2v) is 3.46. The highest BCUT2D eigenvalue weighted by molar-refractivity contribution is 7.16. The zero-order chi connectivity index (χ0) is 10.5. The van der Waals surface area contributed by atoms with Crippen LogP contribution < -0.4 is 4.87 Å². The number of hydrogen-bond donors (Lipinski definition) is 1. The molecule has 0 saturated carbocycles. The normalized spacial score (nSPS) is 11.1. The maximum Gasteiger partial charge on any atom is 0.305 e. The fourth-order valence-electron chi connectivity index (χ4n) is 1.04. The van der Waals surface area contributed by atoms with E-state index in [2.05, 4.69) is 0 Å². The first-order valence-electron chi connectivity index (χ1n) is 3.37. The van der Waals surface area contributed by atoms with Gasteiger partial charge in [0.2, 0.25) is 0 Å². The van der Waals surface area contributed by atoms with Gasteiger partial charge in [-0.1, -0.05) is 11.3 Å². The predicted molar refractivity (Wildman–Crippen MR) is 42.3 cm³/mol. The zero-order valence-electron chi connectivity index (χ0n) is 6.33. The van der Waals surface area contributed by atoms with Gasteiger partial charge in [-0.3, -0.25) is 4.79 Å². The lowest BCUT2D eigenvalue weighted by Crippen LogP contribution is -1.97. The molecule has 2 nitrogen and oxygen atoms in total. The third kappa shape index (κ3) is 1.05. The van der Waals surface area contributed by atoms with E-state index in [4.69, 9.17) is 0 Å². The minimum atomic E-state index is -1.93. The molecule has 1 heterocycles. The first-order valence-corrected chi connectivity index (χ1v) is 4.18. The lowest BCUT2D eigenvalue weighted by atomic mass is 10.3. The van der Waals surface area contributed by atoms with Crippen molar-refractivity contribution >= 4 is 21.6 Å². The second-order valence-electron chi connectivity index (χ2n) is 2.47. The van der Waals surface area contributed by atoms with Crippen LogP contribution in [0.1, 0.15) is 0 Å². The molecule has 0 fully saturated rings. The van der Waals surface area contributed by atoms with Crippen molar-refractivity contribution in [2.24, 2.45) is 0 Å². The average molecular weight is 223 g/mol. The van der Waals surface area contributed by atoms with Crippen LogP contribution in [0.5, 0.6) is 0 Å². The molecule has 74 valence electrons. The highest BCUT2D eigenvalue weighted by Gasteiger charge is 2.22. The summed E-state index contributed by atoms with van der Waals surface area (Å²) in [5.41, 5.74) is -0.642. The minimum Gasteiger partial charge on any atom is -0.310 e. The van der Waals surface area contributed by atoms with Gasteiger partial charge in [0.15, 0.2) is 23.3 Å². The third-order valence-electron chi connectivity index (χ3n) is 1.65. The van der Waals surface area contributed by atoms with Crippen LogP contribution in [0.15, 0.2) is 4.79 Å². The maximum atomic E-state index is 12.9. The van der Waals surface area contributed by atoms with Gasteiger partial charge in [-0.15, -0.1) is 0 Å². The first-order chi connectivity index (χ1) is 6.52. The molecule has 0 aliphatic carbocycles. The molecule has 0 amide bonds. The average Bonchev–Trinajstić information content (AvgIpc) is 2.54. The van der Waals surface area contributed by atoms with E-state index in [1.54, 1.807) is 0 Å². The molecule has 0 unspecified atom stereocenters. The van der Waals surface area contributed by atoms with Gasteiger partial charge in [0, 0.05) is 0 Å². The summed E-state index contributed by atoms with van der Waals surface area (Å²) >= 11 is 0.283. The summed E-state index contributed by atoms with van der Waals surface area (Å²) in [5, 5.41) is 0. The van der Waals surface area contributed by atoms with Crippen molar-refractivity contribution in [3.05, 3.63) is 32.9 Å². The molecule has 7 heteroatoms. The summed E-state index contributed by atoms with van der Waals surface area (Å²) in [7, 11) is 0. The Morgan fingerprint density at radius 3 is 2.14 bits per heavy atom. The summed E-state index contributed by atoms with van der Waals surface area (Å²) < 4.78 is 50.5. The zero-order valence-corrected chi connectivity index (χ0v) is 7.14. The molecule has 14 heavy (non-hydrogen) atoms. The van der Waals surface area contributed by atoms with Gasteiger partial charge < -0.3 is 4.98 Å². The first kappa shape index (κ1) is 9.20. The number of aromatic amines is 1. The molecule has 0 aliphatic heterocycles. The topological polar surface area (TPSA) is 32.9 Å². The predicted octanol–water partition coefficient (Wildman–Crippen LogP) is 2.15. The van der Waals surface area contributed by atoms with Crippen molar-refractivity contribution in [1.82, 2.24) is 4.98 Å². The van der Waals surface area contributed by atoms with Crippen LogP contribution in [0.3, 0.4) is 0 Å². The van der Waals surface area contributed by atoms with Crippen LogP contribution in [0.2, 0.25) is 0 Å². The van der Waals surface area contributed by atoms with Gasteiger partial charge in [-0.2, -0.15) is 0 Å². The van der Waals surface area contributed by atoms with Crippen LogP contribution in [-0.4, -0.2) is 4.98 Å². The molecule has 1 aromatic heterocycles. The Kier molecular flexibility index (Phi) is 1.84. The van der Waals surface area contributed by atoms with E-state index in [0.717, 1.165) is 0 Å². The highest BCUT2D eigenvalue weighted by Crippen LogP contribution is 2.26. The number of hydrogen-bond acceptors (Lipinski definition) is 2. The van der Waals surface area contributed by atoms with E-state index >= 15 is 0 Å². The molecule has 1 aromatic carbocycles. The van der Waals surface area contributed by atoms with E-state index in [1.807, 2.05) is 4.98 Å². The van der Waals surface area contributed by atoms with E-state index in [9.17, 15) is 22.4 Å². The minimum absolute atomic E-state index is 0.283. The number of aromatic nitrogens is 1. The van der Waals surface area contributed by atoms with Gasteiger partial charge in [-0.05, 0) is 0 Å². The molecule has 1 N–H and O–H groups in total. The number of benzene rings is 1. The van der Waals surface area contributed by atoms with Gasteiger partial charge in [-0.25, -0.2) is 17.6 Å². The quantitative estimate of drug-likeness (QED) is 0.414. The van der Waals surface area contributed by atoms with Gasteiger partial charge in [0.25, 0.3) is 0 Å². The standard InChI is InChI=1S/C7HF4NOS/c8-1-2(9)4(11)6-5(3(1)10)12-7(13)14-6/h(H,12,13). The van der Waals surface area contributed by atoms with Crippen molar-refractivity contribution < 1.29 is 17.6 Å². The lowest BCUT2D eigenvalue weighted by Gasteiger charge is -1.97. The van der Waals surface area contributed by atoms with Crippen LogP contribution in [0, 0.1) is 23.3 Å². The highest BCUT2D eigenvalue weighted by atomic mass is 32.1. The third-order valence-corrected chi connectivity index (χ3v) is 2.52. The van der Waals surface area contributed by atoms with Crippen LogP contribution in [0.25, 0.3) is 10.2 Å². The van der Waals surface area contributed by atoms with E-state index < -0.39 is 38.4 Å². The molecule has 0 spiro atoms. The number of thiazole rings is 1. The Labute approximate surface area is 77.8 Å².